The first-order valence-electron chi connectivity index (χ1n) is 7.00. The monoisotopic (exact) mass is 279 g/mol. The Balaban J connectivity index is 1.74. The second kappa shape index (κ2) is 6.93. The highest BCUT2D eigenvalue weighted by atomic mass is 14.7. The highest BCUT2D eigenvalue weighted by Crippen LogP contribution is 2.01. The summed E-state index contributed by atoms with van der Waals surface area (Å²) in [5, 5.41) is 0. The lowest BCUT2D eigenvalue weighted by Gasteiger charge is -1.92. The molecule has 22 heavy (non-hydrogen) atoms. The van der Waals surface area contributed by atoms with Crippen molar-refractivity contribution in [1.29, 1.82) is 0 Å². The molecule has 1 heteroatoms. The van der Waals surface area contributed by atoms with E-state index in [4.69, 9.17) is 0 Å². The second-order valence-corrected chi connectivity index (χ2v) is 4.66. The van der Waals surface area contributed by atoms with Crippen molar-refractivity contribution in [1.82, 2.24) is 4.98 Å². The van der Waals surface area contributed by atoms with Crippen LogP contribution in [0.2, 0.25) is 0 Å². The van der Waals surface area contributed by atoms with Crippen LogP contribution in [-0.2, 0) is 0 Å². The molecule has 102 valence electrons. The highest BCUT2D eigenvalue weighted by molar-refractivity contribution is 5.44. The molecule has 3 aromatic rings. The van der Waals surface area contributed by atoms with E-state index in [1.165, 1.54) is 0 Å². The molecule has 0 N–H and O–H groups in total. The molecule has 0 unspecified atom stereocenters. The van der Waals surface area contributed by atoms with E-state index in [0.717, 1.165) is 22.4 Å². The lowest BCUT2D eigenvalue weighted by molar-refractivity contribution is 1.27. The van der Waals surface area contributed by atoms with Gasteiger partial charge in [0.1, 0.15) is 5.69 Å². The smallest absolute Gasteiger partial charge is 0.113 e. The summed E-state index contributed by atoms with van der Waals surface area (Å²) in [4.78, 5) is 4.33. The minimum absolute atomic E-state index is 0.745. The van der Waals surface area contributed by atoms with E-state index in [1.54, 1.807) is 6.20 Å². The topological polar surface area (TPSA) is 12.9 Å². The van der Waals surface area contributed by atoms with E-state index < -0.39 is 0 Å². The largest absolute Gasteiger partial charge is 0.246 e. The molecular formula is C21H13N. The Labute approximate surface area is 130 Å². The number of pyridine rings is 1. The van der Waals surface area contributed by atoms with Crippen LogP contribution in [-0.4, -0.2) is 4.98 Å². The first-order valence-corrected chi connectivity index (χ1v) is 7.00. The van der Waals surface area contributed by atoms with E-state index in [9.17, 15) is 0 Å². The molecule has 2 aromatic carbocycles. The number of hydrogen-bond donors (Lipinski definition) is 0. The maximum absolute atomic E-state index is 4.33. The fourth-order valence-electron chi connectivity index (χ4n) is 1.87. The van der Waals surface area contributed by atoms with Gasteiger partial charge in [-0.2, -0.15) is 0 Å². The molecule has 0 aliphatic carbocycles. The molecule has 1 aromatic heterocycles. The van der Waals surface area contributed by atoms with Crippen LogP contribution in [0.15, 0.2) is 79.0 Å². The van der Waals surface area contributed by atoms with Crippen molar-refractivity contribution in [3.8, 4) is 23.7 Å². The SMILES string of the molecule is C(#Cc1ccc(C#Cc2ccccc2)nc1)c1ccccc1. The Morgan fingerprint density at radius 3 is 1.59 bits per heavy atom. The molecule has 0 saturated heterocycles. The number of benzene rings is 2. The third-order valence-electron chi connectivity index (χ3n) is 3.00. The third-order valence-corrected chi connectivity index (χ3v) is 3.00. The molecule has 1 heterocycles. The van der Waals surface area contributed by atoms with Gasteiger partial charge in [-0.15, -0.1) is 0 Å². The number of rotatable bonds is 0. The molecule has 0 amide bonds. The standard InChI is InChI=1S/C21H13N/c1-3-7-18(8-4-1)11-12-20-14-16-21(22-17-20)15-13-19-9-5-2-6-10-19/h1-10,14,16-17H. The summed E-state index contributed by atoms with van der Waals surface area (Å²) in [6, 6.07) is 23.6. The molecule has 3 rings (SSSR count). The predicted molar refractivity (Wildman–Crippen MR) is 89.1 cm³/mol. The van der Waals surface area contributed by atoms with E-state index >= 15 is 0 Å². The van der Waals surface area contributed by atoms with Crippen molar-refractivity contribution >= 4 is 0 Å². The Morgan fingerprint density at radius 1 is 0.500 bits per heavy atom. The first kappa shape index (κ1) is 13.7. The molecule has 0 atom stereocenters. The van der Waals surface area contributed by atoms with Gasteiger partial charge in [-0.1, -0.05) is 54.2 Å². The third kappa shape index (κ3) is 3.85. The van der Waals surface area contributed by atoms with Gasteiger partial charge in [-0.05, 0) is 42.3 Å². The first-order chi connectivity index (χ1) is 10.9. The maximum atomic E-state index is 4.33. The fraction of sp³-hybridized carbons (Fsp3) is 0. The van der Waals surface area contributed by atoms with Crippen LogP contribution < -0.4 is 0 Å². The van der Waals surface area contributed by atoms with Crippen LogP contribution >= 0.6 is 0 Å². The van der Waals surface area contributed by atoms with E-state index in [0.29, 0.717) is 0 Å². The average molecular weight is 279 g/mol. The van der Waals surface area contributed by atoms with Gasteiger partial charge < -0.3 is 0 Å². The van der Waals surface area contributed by atoms with Gasteiger partial charge >= 0.3 is 0 Å². The molecule has 0 radical (unpaired) electrons. The van der Waals surface area contributed by atoms with Crippen LogP contribution in [0, 0.1) is 23.7 Å². The molecule has 0 spiro atoms. The van der Waals surface area contributed by atoms with Gasteiger partial charge in [0, 0.05) is 22.9 Å². The lowest BCUT2D eigenvalue weighted by Crippen LogP contribution is -1.84. The summed E-state index contributed by atoms with van der Waals surface area (Å²) in [6.07, 6.45) is 1.75. The van der Waals surface area contributed by atoms with Crippen LogP contribution in [0.3, 0.4) is 0 Å². The normalized spacial score (nSPS) is 9.09. The zero-order valence-corrected chi connectivity index (χ0v) is 12.0. The summed E-state index contributed by atoms with van der Waals surface area (Å²) in [5.41, 5.74) is 3.61. The zero-order chi connectivity index (χ0) is 15.0. The summed E-state index contributed by atoms with van der Waals surface area (Å²) < 4.78 is 0. The Bertz CT molecular complexity index is 779. The molecule has 0 fully saturated rings. The molecule has 0 aliphatic heterocycles. The van der Waals surface area contributed by atoms with Crippen molar-refractivity contribution in [2.45, 2.75) is 0 Å². The van der Waals surface area contributed by atoms with Gasteiger partial charge in [-0.25, -0.2) is 4.98 Å². The van der Waals surface area contributed by atoms with Gasteiger partial charge in [-0.3, -0.25) is 0 Å². The summed E-state index contributed by atoms with van der Waals surface area (Å²) in [7, 11) is 0. The lowest BCUT2D eigenvalue weighted by atomic mass is 10.2. The number of nitrogens with zero attached hydrogens (tertiary/aromatic N) is 1. The molecular weight excluding hydrogens is 266 g/mol. The molecule has 1 nitrogen and oxygen atoms in total. The quantitative estimate of drug-likeness (QED) is 0.569. The van der Waals surface area contributed by atoms with Crippen molar-refractivity contribution in [2.24, 2.45) is 0 Å². The van der Waals surface area contributed by atoms with E-state index in [-0.39, 0.29) is 0 Å². The second-order valence-electron chi connectivity index (χ2n) is 4.66. The van der Waals surface area contributed by atoms with Gasteiger partial charge in [0.15, 0.2) is 0 Å². The average Bonchev–Trinajstić information content (AvgIpc) is 2.61. The minimum atomic E-state index is 0.745. The van der Waals surface area contributed by atoms with Crippen molar-refractivity contribution in [2.75, 3.05) is 0 Å². The summed E-state index contributed by atoms with van der Waals surface area (Å²) in [6.45, 7) is 0. The van der Waals surface area contributed by atoms with Gasteiger partial charge in [0.05, 0.1) is 0 Å². The zero-order valence-electron chi connectivity index (χ0n) is 12.0. The number of hydrogen-bond acceptors (Lipinski definition) is 1. The van der Waals surface area contributed by atoms with Gasteiger partial charge in [0.2, 0.25) is 0 Å². The van der Waals surface area contributed by atoms with Crippen molar-refractivity contribution in [3.05, 3.63) is 101 Å². The van der Waals surface area contributed by atoms with Crippen LogP contribution in [0.25, 0.3) is 0 Å². The summed E-state index contributed by atoms with van der Waals surface area (Å²) >= 11 is 0. The van der Waals surface area contributed by atoms with Crippen LogP contribution in [0.4, 0.5) is 0 Å². The van der Waals surface area contributed by atoms with E-state index in [2.05, 4.69) is 28.7 Å². The Hall–Kier alpha value is -3.29. The highest BCUT2D eigenvalue weighted by Gasteiger charge is 1.90. The molecule has 0 aliphatic rings. The maximum Gasteiger partial charge on any atom is 0.113 e. The Kier molecular flexibility index (Phi) is 4.31. The number of aromatic nitrogens is 1. The minimum Gasteiger partial charge on any atom is -0.246 e. The Morgan fingerprint density at radius 2 is 1.05 bits per heavy atom. The predicted octanol–water partition coefficient (Wildman–Crippen LogP) is 3.88. The van der Waals surface area contributed by atoms with Crippen LogP contribution in [0.5, 0.6) is 0 Å². The van der Waals surface area contributed by atoms with E-state index in [1.807, 2.05) is 72.8 Å². The van der Waals surface area contributed by atoms with Crippen molar-refractivity contribution < 1.29 is 0 Å². The van der Waals surface area contributed by atoms with Crippen molar-refractivity contribution in [3.63, 3.8) is 0 Å². The summed E-state index contributed by atoms with van der Waals surface area (Å²) in [5.74, 6) is 12.4. The fourth-order valence-corrected chi connectivity index (χ4v) is 1.87. The van der Waals surface area contributed by atoms with Crippen LogP contribution in [0.1, 0.15) is 22.4 Å². The molecule has 0 saturated carbocycles. The molecule has 0 bridgehead atoms. The van der Waals surface area contributed by atoms with Gasteiger partial charge in [0.25, 0.3) is 0 Å².